The zero-order valence-corrected chi connectivity index (χ0v) is 18.4. The second-order valence-corrected chi connectivity index (χ2v) is 8.00. The summed E-state index contributed by atoms with van der Waals surface area (Å²) in [6.45, 7) is 3.55. The van der Waals surface area contributed by atoms with Crippen LogP contribution in [0.1, 0.15) is 31.4 Å². The second-order valence-electron chi connectivity index (χ2n) is 8.00. The molecule has 6 nitrogen and oxygen atoms in total. The number of benzene rings is 2. The van der Waals surface area contributed by atoms with E-state index in [0.29, 0.717) is 5.56 Å². The summed E-state index contributed by atoms with van der Waals surface area (Å²) in [6, 6.07) is 13.9. The highest BCUT2D eigenvalue weighted by Gasteiger charge is 2.44. The van der Waals surface area contributed by atoms with Gasteiger partial charge in [-0.2, -0.15) is 13.2 Å². The van der Waals surface area contributed by atoms with Gasteiger partial charge in [0.15, 0.2) is 0 Å². The largest absolute Gasteiger partial charge is 0.452 e. The summed E-state index contributed by atoms with van der Waals surface area (Å²) in [5, 5.41) is 4.58. The Bertz CT molecular complexity index is 918. The third-order valence-electron chi connectivity index (χ3n) is 4.72. The normalized spacial score (nSPS) is 13.2. The molecule has 0 aliphatic rings. The van der Waals surface area contributed by atoms with Gasteiger partial charge in [0, 0.05) is 6.42 Å². The van der Waals surface area contributed by atoms with Gasteiger partial charge < -0.3 is 15.4 Å². The minimum Gasteiger partial charge on any atom is -0.445 e. The lowest BCUT2D eigenvalue weighted by Gasteiger charge is -2.24. The molecule has 0 aliphatic heterocycles. The van der Waals surface area contributed by atoms with E-state index in [1.54, 1.807) is 74.5 Å². The standard InChI is InChI=1S/C24H27F3N2O4/c1-16(2)13-20(29-23(32)33-15-18-11-7-4-8-12-18)22(31)28-19(21(30)24(25,26)27)14-17-9-5-3-6-10-17/h3-12,16,19-20H,13-15H2,1-2H3,(H,28,31)(H,29,32)/t19-,20-/m0/s1. The smallest absolute Gasteiger partial charge is 0.445 e. The molecule has 0 heterocycles. The SMILES string of the molecule is CC(C)C[C@H](NC(=O)OCc1ccccc1)C(=O)N[C@@H](Cc1ccccc1)C(=O)C(F)(F)F. The van der Waals surface area contributed by atoms with Gasteiger partial charge in [-0.15, -0.1) is 0 Å². The summed E-state index contributed by atoms with van der Waals surface area (Å²) >= 11 is 0. The summed E-state index contributed by atoms with van der Waals surface area (Å²) < 4.78 is 44.5. The van der Waals surface area contributed by atoms with Gasteiger partial charge in [0.05, 0.1) is 0 Å². The van der Waals surface area contributed by atoms with Crippen LogP contribution in [-0.2, 0) is 27.4 Å². The van der Waals surface area contributed by atoms with Crippen LogP contribution in [0.15, 0.2) is 60.7 Å². The predicted molar refractivity (Wildman–Crippen MR) is 116 cm³/mol. The molecule has 178 valence electrons. The highest BCUT2D eigenvalue weighted by molar-refractivity contribution is 5.94. The van der Waals surface area contributed by atoms with Crippen LogP contribution in [0.25, 0.3) is 0 Å². The van der Waals surface area contributed by atoms with Crippen molar-refractivity contribution in [3.05, 3.63) is 71.8 Å². The molecule has 0 unspecified atom stereocenters. The number of carbonyl (C=O) groups excluding carboxylic acids is 3. The molecule has 0 aliphatic carbocycles. The molecule has 0 bridgehead atoms. The van der Waals surface area contributed by atoms with Crippen LogP contribution >= 0.6 is 0 Å². The Morgan fingerprint density at radius 1 is 0.848 bits per heavy atom. The fourth-order valence-corrected chi connectivity index (χ4v) is 3.14. The van der Waals surface area contributed by atoms with Crippen molar-refractivity contribution in [2.45, 2.75) is 51.6 Å². The maximum Gasteiger partial charge on any atom is 0.452 e. The number of alkyl halides is 3. The molecule has 33 heavy (non-hydrogen) atoms. The first-order valence-corrected chi connectivity index (χ1v) is 10.5. The van der Waals surface area contributed by atoms with Crippen molar-refractivity contribution in [3.8, 4) is 0 Å². The number of alkyl carbamates (subject to hydrolysis) is 1. The Labute approximate surface area is 190 Å². The van der Waals surface area contributed by atoms with Crippen LogP contribution in [0.2, 0.25) is 0 Å². The summed E-state index contributed by atoms with van der Waals surface area (Å²) in [5.74, 6) is -3.02. The molecule has 2 atom stereocenters. The Hall–Kier alpha value is -3.36. The van der Waals surface area contributed by atoms with Gasteiger partial charge >= 0.3 is 12.3 Å². The molecule has 2 aromatic carbocycles. The fourth-order valence-electron chi connectivity index (χ4n) is 3.14. The highest BCUT2D eigenvalue weighted by Crippen LogP contribution is 2.20. The number of hydrogen-bond acceptors (Lipinski definition) is 4. The quantitative estimate of drug-likeness (QED) is 0.552. The van der Waals surface area contributed by atoms with Gasteiger partial charge in [-0.3, -0.25) is 9.59 Å². The maximum absolute atomic E-state index is 13.1. The summed E-state index contributed by atoms with van der Waals surface area (Å²) in [5.41, 5.74) is 1.19. The third kappa shape index (κ3) is 8.96. The number of nitrogens with one attached hydrogen (secondary N) is 2. The number of rotatable bonds is 10. The van der Waals surface area contributed by atoms with Gasteiger partial charge in [0.1, 0.15) is 18.7 Å². The lowest BCUT2D eigenvalue weighted by molar-refractivity contribution is -0.173. The van der Waals surface area contributed by atoms with E-state index in [-0.39, 0.29) is 25.4 Å². The first kappa shape index (κ1) is 25.9. The van der Waals surface area contributed by atoms with Crippen LogP contribution < -0.4 is 10.6 Å². The minimum atomic E-state index is -5.12. The second kappa shape index (κ2) is 12.0. The van der Waals surface area contributed by atoms with Crippen molar-refractivity contribution in [2.24, 2.45) is 5.92 Å². The minimum absolute atomic E-state index is 0.0358. The summed E-state index contributed by atoms with van der Waals surface area (Å²) in [4.78, 5) is 37.0. The van der Waals surface area contributed by atoms with Crippen molar-refractivity contribution < 1.29 is 32.3 Å². The van der Waals surface area contributed by atoms with E-state index in [9.17, 15) is 27.6 Å². The first-order valence-electron chi connectivity index (χ1n) is 10.5. The number of ether oxygens (including phenoxy) is 1. The monoisotopic (exact) mass is 464 g/mol. The number of hydrogen-bond donors (Lipinski definition) is 2. The zero-order valence-electron chi connectivity index (χ0n) is 18.4. The number of halogens is 3. The highest BCUT2D eigenvalue weighted by atomic mass is 19.4. The molecular weight excluding hydrogens is 437 g/mol. The van der Waals surface area contributed by atoms with E-state index < -0.39 is 36.0 Å². The van der Waals surface area contributed by atoms with Crippen LogP contribution in [0.5, 0.6) is 0 Å². The summed E-state index contributed by atoms with van der Waals surface area (Å²) in [6.07, 6.45) is -6.20. The topological polar surface area (TPSA) is 84.5 Å². The van der Waals surface area contributed by atoms with Gasteiger partial charge in [0.25, 0.3) is 5.78 Å². The Morgan fingerprint density at radius 3 is 1.91 bits per heavy atom. The Kier molecular flexibility index (Phi) is 9.44. The van der Waals surface area contributed by atoms with Crippen molar-refractivity contribution in [2.75, 3.05) is 0 Å². The van der Waals surface area contributed by atoms with E-state index in [2.05, 4.69) is 10.6 Å². The van der Waals surface area contributed by atoms with Crippen LogP contribution in [0.3, 0.4) is 0 Å². The van der Waals surface area contributed by atoms with E-state index >= 15 is 0 Å². The van der Waals surface area contributed by atoms with Crippen molar-refractivity contribution in [3.63, 3.8) is 0 Å². The molecule has 0 saturated carbocycles. The third-order valence-corrected chi connectivity index (χ3v) is 4.72. The lowest BCUT2D eigenvalue weighted by Crippen LogP contribution is -2.54. The maximum atomic E-state index is 13.1. The molecule has 2 amide bonds. The molecule has 0 spiro atoms. The lowest BCUT2D eigenvalue weighted by atomic mass is 9.99. The molecular formula is C24H27F3N2O4. The molecule has 2 aromatic rings. The van der Waals surface area contributed by atoms with E-state index in [4.69, 9.17) is 4.74 Å². The number of amides is 2. The summed E-state index contributed by atoms with van der Waals surface area (Å²) in [7, 11) is 0. The van der Waals surface area contributed by atoms with Gasteiger partial charge in [-0.1, -0.05) is 74.5 Å². The number of Topliss-reactive ketones (excluding diaryl/α,β-unsaturated/α-hetero) is 1. The van der Waals surface area contributed by atoms with Crippen LogP contribution in [0, 0.1) is 5.92 Å². The van der Waals surface area contributed by atoms with Crippen molar-refractivity contribution in [1.29, 1.82) is 0 Å². The molecule has 0 radical (unpaired) electrons. The van der Waals surface area contributed by atoms with Crippen molar-refractivity contribution in [1.82, 2.24) is 10.6 Å². The molecule has 0 fully saturated rings. The number of carbonyl (C=O) groups is 3. The average Bonchev–Trinajstić information content (AvgIpc) is 2.76. The van der Waals surface area contributed by atoms with Crippen LogP contribution in [0.4, 0.5) is 18.0 Å². The predicted octanol–water partition coefficient (Wildman–Crippen LogP) is 4.19. The molecule has 0 saturated heterocycles. The van der Waals surface area contributed by atoms with Gasteiger partial charge in [0.2, 0.25) is 5.91 Å². The zero-order chi connectivity index (χ0) is 24.4. The Balaban J connectivity index is 2.10. The van der Waals surface area contributed by atoms with E-state index in [1.165, 1.54) is 0 Å². The van der Waals surface area contributed by atoms with E-state index in [1.807, 2.05) is 0 Å². The van der Waals surface area contributed by atoms with Crippen molar-refractivity contribution >= 4 is 17.8 Å². The first-order chi connectivity index (χ1) is 15.6. The average molecular weight is 464 g/mol. The van der Waals surface area contributed by atoms with E-state index in [0.717, 1.165) is 5.56 Å². The van der Waals surface area contributed by atoms with Gasteiger partial charge in [-0.25, -0.2) is 4.79 Å². The van der Waals surface area contributed by atoms with Crippen LogP contribution in [-0.4, -0.2) is 36.0 Å². The fraction of sp³-hybridized carbons (Fsp3) is 0.375. The molecule has 2 N–H and O–H groups in total. The molecule has 0 aromatic heterocycles. The Morgan fingerprint density at radius 2 is 1.39 bits per heavy atom. The van der Waals surface area contributed by atoms with Gasteiger partial charge in [-0.05, 0) is 23.5 Å². The number of ketones is 1. The molecule has 9 heteroatoms. The molecule has 2 rings (SSSR count).